The van der Waals surface area contributed by atoms with Crippen LogP contribution in [0.1, 0.15) is 19.8 Å². The lowest BCUT2D eigenvalue weighted by Gasteiger charge is -2.14. The standard InChI is InChI=1S/C12H15N5O/c1-8(12(18)15-9-2-3-9)14-10-5-7-17-11(16-10)4-6-13-17/h4-9H,2-3H2,1H3,(H,14,16)(H,15,18). The monoisotopic (exact) mass is 245 g/mol. The van der Waals surface area contributed by atoms with Gasteiger partial charge in [0.05, 0.1) is 6.20 Å². The van der Waals surface area contributed by atoms with Gasteiger partial charge in [-0.25, -0.2) is 9.50 Å². The predicted molar refractivity (Wildman–Crippen MR) is 67.2 cm³/mol. The normalized spacial score (nSPS) is 16.5. The summed E-state index contributed by atoms with van der Waals surface area (Å²) in [4.78, 5) is 16.2. The number of hydrogen-bond donors (Lipinski definition) is 2. The van der Waals surface area contributed by atoms with E-state index in [-0.39, 0.29) is 11.9 Å². The molecule has 0 spiro atoms. The Morgan fingerprint density at radius 3 is 3.11 bits per heavy atom. The molecule has 94 valence electrons. The number of aromatic nitrogens is 3. The third-order valence-corrected chi connectivity index (χ3v) is 2.94. The Labute approximate surface area is 104 Å². The number of carbonyl (C=O) groups is 1. The second-order valence-corrected chi connectivity index (χ2v) is 4.60. The van der Waals surface area contributed by atoms with Gasteiger partial charge in [0.15, 0.2) is 5.65 Å². The molecule has 18 heavy (non-hydrogen) atoms. The summed E-state index contributed by atoms with van der Waals surface area (Å²) in [5.41, 5.74) is 0.759. The van der Waals surface area contributed by atoms with E-state index in [4.69, 9.17) is 0 Å². The molecule has 1 amide bonds. The van der Waals surface area contributed by atoms with E-state index in [0.717, 1.165) is 18.5 Å². The van der Waals surface area contributed by atoms with Gasteiger partial charge in [-0.3, -0.25) is 4.79 Å². The van der Waals surface area contributed by atoms with Gasteiger partial charge >= 0.3 is 0 Å². The lowest BCUT2D eigenvalue weighted by molar-refractivity contribution is -0.121. The van der Waals surface area contributed by atoms with Crippen molar-refractivity contribution in [2.45, 2.75) is 31.8 Å². The van der Waals surface area contributed by atoms with E-state index in [0.29, 0.717) is 11.9 Å². The molecule has 0 aromatic carbocycles. The largest absolute Gasteiger partial charge is 0.359 e. The van der Waals surface area contributed by atoms with Crippen LogP contribution in [0.5, 0.6) is 0 Å². The summed E-state index contributed by atoms with van der Waals surface area (Å²) >= 11 is 0. The number of nitrogens with zero attached hydrogens (tertiary/aromatic N) is 3. The van der Waals surface area contributed by atoms with Crippen molar-refractivity contribution < 1.29 is 4.79 Å². The molecule has 1 atom stereocenters. The fourth-order valence-corrected chi connectivity index (χ4v) is 1.73. The molecular weight excluding hydrogens is 230 g/mol. The van der Waals surface area contributed by atoms with Crippen molar-refractivity contribution in [1.82, 2.24) is 19.9 Å². The summed E-state index contributed by atoms with van der Waals surface area (Å²) < 4.78 is 1.68. The Balaban J connectivity index is 1.68. The molecule has 1 fully saturated rings. The summed E-state index contributed by atoms with van der Waals surface area (Å²) in [5.74, 6) is 0.703. The van der Waals surface area contributed by atoms with Crippen molar-refractivity contribution in [3.63, 3.8) is 0 Å². The zero-order valence-corrected chi connectivity index (χ0v) is 10.1. The van der Waals surface area contributed by atoms with E-state index >= 15 is 0 Å². The van der Waals surface area contributed by atoms with Crippen molar-refractivity contribution >= 4 is 17.4 Å². The molecule has 2 aromatic rings. The van der Waals surface area contributed by atoms with Crippen LogP contribution < -0.4 is 10.6 Å². The molecule has 1 unspecified atom stereocenters. The van der Waals surface area contributed by atoms with E-state index in [9.17, 15) is 4.79 Å². The van der Waals surface area contributed by atoms with Crippen LogP contribution in [0.15, 0.2) is 24.5 Å². The molecule has 0 aliphatic heterocycles. The van der Waals surface area contributed by atoms with Gasteiger partial charge in [0.1, 0.15) is 11.9 Å². The Hall–Kier alpha value is -2.11. The summed E-state index contributed by atoms with van der Waals surface area (Å²) in [5, 5.41) is 10.1. The first-order valence-corrected chi connectivity index (χ1v) is 6.10. The lowest BCUT2D eigenvalue weighted by Crippen LogP contribution is -2.38. The van der Waals surface area contributed by atoms with Gasteiger partial charge in [0.2, 0.25) is 5.91 Å². The highest BCUT2D eigenvalue weighted by Gasteiger charge is 2.25. The van der Waals surface area contributed by atoms with Gasteiger partial charge < -0.3 is 10.6 Å². The van der Waals surface area contributed by atoms with Crippen LogP contribution in [0.2, 0.25) is 0 Å². The van der Waals surface area contributed by atoms with Crippen LogP contribution in [-0.2, 0) is 4.79 Å². The minimum absolute atomic E-state index is 0.0210. The number of fused-ring (bicyclic) bond motifs is 1. The maximum absolute atomic E-state index is 11.8. The number of carbonyl (C=O) groups excluding carboxylic acids is 1. The van der Waals surface area contributed by atoms with Gasteiger partial charge in [-0.2, -0.15) is 5.10 Å². The number of rotatable bonds is 4. The Kier molecular flexibility index (Phi) is 2.62. The first-order chi connectivity index (χ1) is 8.72. The molecule has 6 nitrogen and oxygen atoms in total. The quantitative estimate of drug-likeness (QED) is 0.836. The van der Waals surface area contributed by atoms with Crippen LogP contribution in [0.4, 0.5) is 5.82 Å². The van der Waals surface area contributed by atoms with E-state index in [1.165, 1.54) is 0 Å². The van der Waals surface area contributed by atoms with Crippen molar-refractivity contribution in [2.24, 2.45) is 0 Å². The van der Waals surface area contributed by atoms with Gasteiger partial charge in [-0.1, -0.05) is 0 Å². The summed E-state index contributed by atoms with van der Waals surface area (Å²) in [6.45, 7) is 1.83. The first-order valence-electron chi connectivity index (χ1n) is 6.10. The fraction of sp³-hybridized carbons (Fsp3) is 0.417. The van der Waals surface area contributed by atoms with Gasteiger partial charge in [-0.05, 0) is 25.8 Å². The van der Waals surface area contributed by atoms with Crippen LogP contribution in [0, 0.1) is 0 Å². The molecular formula is C12H15N5O. The average Bonchev–Trinajstić information content (AvgIpc) is 3.05. The van der Waals surface area contributed by atoms with Crippen LogP contribution in [-0.4, -0.2) is 32.6 Å². The maximum atomic E-state index is 11.8. The Bertz CT molecular complexity index is 575. The van der Waals surface area contributed by atoms with Crippen LogP contribution in [0.25, 0.3) is 5.65 Å². The molecule has 2 aromatic heterocycles. The van der Waals surface area contributed by atoms with Gasteiger partial charge in [0.25, 0.3) is 0 Å². The maximum Gasteiger partial charge on any atom is 0.242 e. The highest BCUT2D eigenvalue weighted by Crippen LogP contribution is 2.18. The molecule has 6 heteroatoms. The molecule has 0 bridgehead atoms. The second kappa shape index (κ2) is 4.29. The predicted octanol–water partition coefficient (Wildman–Crippen LogP) is 0.808. The summed E-state index contributed by atoms with van der Waals surface area (Å²) in [6, 6.07) is 3.72. The van der Waals surface area contributed by atoms with Crippen molar-refractivity contribution in [2.75, 3.05) is 5.32 Å². The molecule has 1 aliphatic carbocycles. The number of anilines is 1. The highest BCUT2D eigenvalue weighted by atomic mass is 16.2. The fourth-order valence-electron chi connectivity index (χ4n) is 1.73. The highest BCUT2D eigenvalue weighted by molar-refractivity contribution is 5.84. The zero-order valence-electron chi connectivity index (χ0n) is 10.1. The SMILES string of the molecule is CC(Nc1ccn2nccc2n1)C(=O)NC1CC1. The molecule has 0 radical (unpaired) electrons. The van der Waals surface area contributed by atoms with Crippen molar-refractivity contribution in [3.05, 3.63) is 24.5 Å². The minimum atomic E-state index is -0.288. The molecule has 2 N–H and O–H groups in total. The molecule has 3 rings (SSSR count). The van der Waals surface area contributed by atoms with E-state index in [1.54, 1.807) is 16.8 Å². The summed E-state index contributed by atoms with van der Waals surface area (Å²) in [6.07, 6.45) is 5.70. The molecule has 1 aliphatic rings. The minimum Gasteiger partial charge on any atom is -0.359 e. The topological polar surface area (TPSA) is 71.3 Å². The Morgan fingerprint density at radius 1 is 1.50 bits per heavy atom. The van der Waals surface area contributed by atoms with Crippen LogP contribution in [0.3, 0.4) is 0 Å². The lowest BCUT2D eigenvalue weighted by atomic mass is 10.3. The third-order valence-electron chi connectivity index (χ3n) is 2.94. The van der Waals surface area contributed by atoms with Crippen LogP contribution >= 0.6 is 0 Å². The Morgan fingerprint density at radius 2 is 2.33 bits per heavy atom. The molecule has 2 heterocycles. The first kappa shape index (κ1) is 11.0. The second-order valence-electron chi connectivity index (χ2n) is 4.60. The average molecular weight is 245 g/mol. The smallest absolute Gasteiger partial charge is 0.242 e. The third kappa shape index (κ3) is 2.27. The van der Waals surface area contributed by atoms with Gasteiger partial charge in [0, 0.05) is 18.3 Å². The van der Waals surface area contributed by atoms with E-state index in [1.807, 2.05) is 19.2 Å². The van der Waals surface area contributed by atoms with Crippen molar-refractivity contribution in [3.8, 4) is 0 Å². The molecule has 1 saturated carbocycles. The van der Waals surface area contributed by atoms with Gasteiger partial charge in [-0.15, -0.1) is 0 Å². The zero-order chi connectivity index (χ0) is 12.5. The van der Waals surface area contributed by atoms with E-state index < -0.39 is 0 Å². The summed E-state index contributed by atoms with van der Waals surface area (Å²) in [7, 11) is 0. The van der Waals surface area contributed by atoms with Crippen molar-refractivity contribution in [1.29, 1.82) is 0 Å². The van der Waals surface area contributed by atoms with E-state index in [2.05, 4.69) is 20.7 Å². The number of nitrogens with one attached hydrogen (secondary N) is 2. The number of amides is 1. The number of hydrogen-bond acceptors (Lipinski definition) is 4. The molecule has 0 saturated heterocycles.